The van der Waals surface area contributed by atoms with Crippen LogP contribution in [0.15, 0.2) is 42.5 Å². The molecule has 9 heteroatoms. The first-order valence-electron chi connectivity index (χ1n) is 14.2. The molecular weight excluding hydrogens is 494 g/mol. The molecule has 0 bridgehead atoms. The third kappa shape index (κ3) is 6.46. The van der Waals surface area contributed by atoms with Crippen molar-refractivity contribution in [1.29, 1.82) is 0 Å². The van der Waals surface area contributed by atoms with Gasteiger partial charge in [-0.25, -0.2) is 4.79 Å². The van der Waals surface area contributed by atoms with Crippen LogP contribution in [0.5, 0.6) is 5.75 Å². The zero-order valence-corrected chi connectivity index (χ0v) is 22.8. The van der Waals surface area contributed by atoms with E-state index in [2.05, 4.69) is 15.5 Å². The molecule has 39 heavy (non-hydrogen) atoms. The molecule has 2 aromatic carbocycles. The number of methoxy groups -OCH3 is 1. The van der Waals surface area contributed by atoms with Crippen LogP contribution < -0.4 is 20.3 Å². The summed E-state index contributed by atoms with van der Waals surface area (Å²) < 4.78 is 5.19. The molecule has 1 aliphatic carbocycles. The van der Waals surface area contributed by atoms with Crippen molar-refractivity contribution in [2.24, 2.45) is 5.92 Å². The van der Waals surface area contributed by atoms with Gasteiger partial charge in [-0.15, -0.1) is 0 Å². The zero-order chi connectivity index (χ0) is 27.2. The van der Waals surface area contributed by atoms with Crippen molar-refractivity contribution >= 4 is 34.9 Å². The minimum Gasteiger partial charge on any atom is -0.497 e. The van der Waals surface area contributed by atoms with Gasteiger partial charge in [-0.05, 0) is 81.0 Å². The number of urea groups is 1. The summed E-state index contributed by atoms with van der Waals surface area (Å²) in [5.74, 6) is 0.870. The fraction of sp³-hybridized carbons (Fsp3) is 0.500. The fourth-order valence-corrected chi connectivity index (χ4v) is 5.48. The lowest BCUT2D eigenvalue weighted by Gasteiger charge is -2.31. The topological polar surface area (TPSA) is 94.2 Å². The second-order valence-corrected chi connectivity index (χ2v) is 10.7. The molecule has 208 valence electrons. The quantitative estimate of drug-likeness (QED) is 0.556. The third-order valence-electron chi connectivity index (χ3n) is 8.08. The SMILES string of the molecule is COc1ccc(NC(=O)N2CCCN(c3ccc(NC(=O)C4CCC4)cc3C(=O)N3CCCCC3)CC2)cc1. The summed E-state index contributed by atoms with van der Waals surface area (Å²) in [5, 5.41) is 6.01. The van der Waals surface area contributed by atoms with E-state index in [4.69, 9.17) is 4.74 Å². The Hall–Kier alpha value is -3.75. The molecule has 4 amide bonds. The highest BCUT2D eigenvalue weighted by Gasteiger charge is 2.28. The molecule has 2 aliphatic heterocycles. The molecule has 9 nitrogen and oxygen atoms in total. The Kier molecular flexibility index (Phi) is 8.54. The van der Waals surface area contributed by atoms with E-state index < -0.39 is 0 Å². The maximum atomic E-state index is 13.7. The van der Waals surface area contributed by atoms with E-state index in [1.54, 1.807) is 7.11 Å². The summed E-state index contributed by atoms with van der Waals surface area (Å²) in [6.07, 6.45) is 6.92. The van der Waals surface area contributed by atoms with Crippen molar-refractivity contribution in [2.75, 3.05) is 61.9 Å². The van der Waals surface area contributed by atoms with Gasteiger partial charge in [0.05, 0.1) is 12.7 Å². The minimum absolute atomic E-state index is 0.0165. The number of amides is 4. The predicted octanol–water partition coefficient (Wildman–Crippen LogP) is 4.80. The monoisotopic (exact) mass is 533 g/mol. The first kappa shape index (κ1) is 26.8. The molecule has 0 aromatic heterocycles. The van der Waals surface area contributed by atoms with E-state index in [0.29, 0.717) is 30.9 Å². The Bertz CT molecular complexity index is 1170. The lowest BCUT2D eigenvalue weighted by Crippen LogP contribution is -2.39. The first-order chi connectivity index (χ1) is 19.0. The molecule has 2 heterocycles. The summed E-state index contributed by atoms with van der Waals surface area (Å²) in [7, 11) is 1.61. The molecule has 0 atom stereocenters. The molecule has 5 rings (SSSR count). The highest BCUT2D eigenvalue weighted by Crippen LogP contribution is 2.31. The van der Waals surface area contributed by atoms with E-state index in [1.807, 2.05) is 52.3 Å². The van der Waals surface area contributed by atoms with Crippen LogP contribution >= 0.6 is 0 Å². The minimum atomic E-state index is -0.138. The van der Waals surface area contributed by atoms with Crippen LogP contribution in [0.4, 0.5) is 21.9 Å². The lowest BCUT2D eigenvalue weighted by molar-refractivity contribution is -0.122. The van der Waals surface area contributed by atoms with Crippen LogP contribution in [0.25, 0.3) is 0 Å². The van der Waals surface area contributed by atoms with Crippen molar-refractivity contribution in [3.63, 3.8) is 0 Å². The van der Waals surface area contributed by atoms with Gasteiger partial charge in [0, 0.05) is 62.2 Å². The molecule has 0 unspecified atom stereocenters. The number of piperidine rings is 1. The largest absolute Gasteiger partial charge is 0.497 e. The summed E-state index contributed by atoms with van der Waals surface area (Å²) in [6, 6.07) is 12.9. The standard InChI is InChI=1S/C30H39N5O4/c1-39-25-12-9-23(10-13-25)32-30(38)35-18-6-17-33(19-20-35)27-14-11-24(31-28(36)22-7-5-8-22)21-26(27)29(37)34-15-3-2-4-16-34/h9-14,21-22H,2-8,15-20H2,1H3,(H,31,36)(H,32,38). The van der Waals surface area contributed by atoms with Crippen LogP contribution in [-0.2, 0) is 4.79 Å². The Morgan fingerprint density at radius 3 is 2.15 bits per heavy atom. The van der Waals surface area contributed by atoms with Crippen molar-refractivity contribution < 1.29 is 19.1 Å². The number of likely N-dealkylation sites (tertiary alicyclic amines) is 1. The molecule has 3 fully saturated rings. The number of benzene rings is 2. The van der Waals surface area contributed by atoms with E-state index in [0.717, 1.165) is 81.7 Å². The van der Waals surface area contributed by atoms with Crippen LogP contribution in [0.1, 0.15) is 55.3 Å². The first-order valence-corrected chi connectivity index (χ1v) is 14.2. The number of carbonyl (C=O) groups excluding carboxylic acids is 3. The highest BCUT2D eigenvalue weighted by atomic mass is 16.5. The number of carbonyl (C=O) groups is 3. The number of anilines is 3. The van der Waals surface area contributed by atoms with Gasteiger partial charge in [0.15, 0.2) is 0 Å². The molecule has 0 spiro atoms. The van der Waals surface area contributed by atoms with Crippen LogP contribution in [0, 0.1) is 5.92 Å². The molecule has 3 aliphatic rings. The highest BCUT2D eigenvalue weighted by molar-refractivity contribution is 6.02. The van der Waals surface area contributed by atoms with Gasteiger partial charge in [0.25, 0.3) is 5.91 Å². The van der Waals surface area contributed by atoms with Gasteiger partial charge in [0.1, 0.15) is 5.75 Å². The lowest BCUT2D eigenvalue weighted by atomic mass is 9.85. The molecule has 1 saturated carbocycles. The van der Waals surface area contributed by atoms with Gasteiger partial charge in [-0.1, -0.05) is 6.42 Å². The molecular formula is C30H39N5O4. The van der Waals surface area contributed by atoms with Crippen molar-refractivity contribution in [3.8, 4) is 5.75 Å². The van der Waals surface area contributed by atoms with Crippen LogP contribution in [-0.4, -0.2) is 74.0 Å². The van der Waals surface area contributed by atoms with Crippen LogP contribution in [0.3, 0.4) is 0 Å². The molecule has 0 radical (unpaired) electrons. The number of nitrogens with one attached hydrogen (secondary N) is 2. The van der Waals surface area contributed by atoms with Crippen molar-refractivity contribution in [1.82, 2.24) is 9.80 Å². The fourth-order valence-electron chi connectivity index (χ4n) is 5.48. The van der Waals surface area contributed by atoms with Crippen LogP contribution in [0.2, 0.25) is 0 Å². The Morgan fingerprint density at radius 2 is 1.46 bits per heavy atom. The number of rotatable bonds is 6. The smallest absolute Gasteiger partial charge is 0.321 e. The average Bonchev–Trinajstić information content (AvgIpc) is 3.19. The maximum Gasteiger partial charge on any atom is 0.321 e. The van der Waals surface area contributed by atoms with Gasteiger partial charge in [-0.3, -0.25) is 9.59 Å². The van der Waals surface area contributed by atoms with E-state index in [9.17, 15) is 14.4 Å². The normalized spacial score (nSPS) is 18.1. The number of nitrogens with zero attached hydrogens (tertiary/aromatic N) is 3. The van der Waals surface area contributed by atoms with Gasteiger partial charge in [0.2, 0.25) is 5.91 Å². The summed E-state index contributed by atoms with van der Waals surface area (Å²) in [6.45, 7) is 4.04. The summed E-state index contributed by atoms with van der Waals surface area (Å²) in [5.41, 5.74) is 2.88. The number of hydrogen-bond donors (Lipinski definition) is 2. The summed E-state index contributed by atoms with van der Waals surface area (Å²) >= 11 is 0. The molecule has 2 N–H and O–H groups in total. The maximum absolute atomic E-state index is 13.7. The van der Waals surface area contributed by atoms with E-state index >= 15 is 0 Å². The van der Waals surface area contributed by atoms with Crippen molar-refractivity contribution in [3.05, 3.63) is 48.0 Å². The van der Waals surface area contributed by atoms with Gasteiger partial charge in [-0.2, -0.15) is 0 Å². The second-order valence-electron chi connectivity index (χ2n) is 10.7. The second kappa shape index (κ2) is 12.4. The molecule has 2 saturated heterocycles. The van der Waals surface area contributed by atoms with Gasteiger partial charge >= 0.3 is 6.03 Å². The number of hydrogen-bond acceptors (Lipinski definition) is 5. The summed E-state index contributed by atoms with van der Waals surface area (Å²) in [4.78, 5) is 45.3. The predicted molar refractivity (Wildman–Crippen MR) is 153 cm³/mol. The Morgan fingerprint density at radius 1 is 0.744 bits per heavy atom. The van der Waals surface area contributed by atoms with E-state index in [1.165, 1.54) is 0 Å². The Balaban J connectivity index is 1.30. The number of ether oxygens (including phenoxy) is 1. The Labute approximate surface area is 230 Å². The van der Waals surface area contributed by atoms with E-state index in [-0.39, 0.29) is 23.8 Å². The third-order valence-corrected chi connectivity index (χ3v) is 8.08. The molecule has 2 aromatic rings. The average molecular weight is 534 g/mol. The van der Waals surface area contributed by atoms with Crippen molar-refractivity contribution in [2.45, 2.75) is 44.9 Å². The van der Waals surface area contributed by atoms with Gasteiger partial charge < -0.3 is 30.1 Å². The zero-order valence-electron chi connectivity index (χ0n) is 22.8.